The fourth-order valence-corrected chi connectivity index (χ4v) is 4.69. The molecule has 2 aromatic heterocycles. The molecular formula is C15H12N4O9S3. The Morgan fingerprint density at radius 1 is 0.871 bits per heavy atom. The lowest BCUT2D eigenvalue weighted by molar-refractivity contribution is 0.455. The minimum absolute atomic E-state index is 0.00353. The molecule has 0 saturated heterocycles. The van der Waals surface area contributed by atoms with Crippen LogP contribution in [-0.4, -0.2) is 54.6 Å². The van der Waals surface area contributed by atoms with Crippen LogP contribution < -0.4 is 4.18 Å². The first kappa shape index (κ1) is 21.3. The van der Waals surface area contributed by atoms with E-state index in [1.807, 2.05) is 0 Å². The fourth-order valence-electron chi connectivity index (χ4n) is 3.03. The van der Waals surface area contributed by atoms with Crippen LogP contribution in [0.3, 0.4) is 0 Å². The maximum atomic E-state index is 11.8. The van der Waals surface area contributed by atoms with E-state index in [1.54, 1.807) is 13.0 Å². The summed E-state index contributed by atoms with van der Waals surface area (Å²) in [6.07, 6.45) is 0. The van der Waals surface area contributed by atoms with Gasteiger partial charge < -0.3 is 14.2 Å². The van der Waals surface area contributed by atoms with E-state index >= 15 is 0 Å². The van der Waals surface area contributed by atoms with Gasteiger partial charge in [0.05, 0.1) is 11.0 Å². The number of nitrogens with one attached hydrogen (secondary N) is 2. The van der Waals surface area contributed by atoms with Crippen molar-refractivity contribution in [2.45, 2.75) is 16.7 Å². The molecule has 1 unspecified atom stereocenters. The standard InChI is InChI=1S/C15H12N4O9S3/c1-6-2-8-12(10(3-6)30(22,23)24)18-14(16-8)15-17-9-4-7(28-29(20)21)5-11(13(9)19-15)31(25,26)27/h2-5H,1H3,(H,16,18)(H,17,19)(H,20,21)(H,22,23,24)(H,25,26,27). The zero-order chi connectivity index (χ0) is 22.7. The molecule has 164 valence electrons. The number of imidazole rings is 2. The number of H-pyrrole nitrogens is 2. The molecule has 5 N–H and O–H groups in total. The van der Waals surface area contributed by atoms with Crippen LogP contribution in [0.4, 0.5) is 0 Å². The molecule has 4 rings (SSSR count). The highest BCUT2D eigenvalue weighted by Crippen LogP contribution is 2.31. The van der Waals surface area contributed by atoms with E-state index in [-0.39, 0.29) is 39.5 Å². The molecule has 0 saturated carbocycles. The summed E-state index contributed by atoms with van der Waals surface area (Å²) >= 11 is -2.76. The number of benzene rings is 2. The molecule has 0 bridgehead atoms. The minimum atomic E-state index is -4.80. The SMILES string of the molecule is Cc1cc(S(=O)(=O)O)c2nc(-c3nc4c(S(=O)(=O)O)cc(OS(=O)O)cc4[nH]3)[nH]c2c1. The number of aryl methyl sites for hydroxylation is 1. The van der Waals surface area contributed by atoms with Crippen LogP contribution in [0.5, 0.6) is 5.75 Å². The van der Waals surface area contributed by atoms with E-state index in [9.17, 15) is 30.1 Å². The molecule has 0 radical (unpaired) electrons. The second-order valence-corrected chi connectivity index (χ2v) is 9.78. The predicted octanol–water partition coefficient (Wildman–Crippen LogP) is 1.42. The molecule has 0 aliphatic heterocycles. The molecule has 13 nitrogen and oxygen atoms in total. The Balaban J connectivity index is 1.97. The summed E-state index contributed by atoms with van der Waals surface area (Å²) in [6.45, 7) is 1.61. The summed E-state index contributed by atoms with van der Waals surface area (Å²) in [7, 11) is -9.38. The number of aromatic amines is 2. The monoisotopic (exact) mass is 488 g/mol. The number of rotatable bonds is 5. The lowest BCUT2D eigenvalue weighted by Gasteiger charge is -2.03. The van der Waals surface area contributed by atoms with Gasteiger partial charge in [-0.2, -0.15) is 21.0 Å². The third kappa shape index (κ3) is 4.03. The van der Waals surface area contributed by atoms with Gasteiger partial charge in [-0.05, 0) is 24.6 Å². The van der Waals surface area contributed by atoms with Crippen molar-refractivity contribution in [2.75, 3.05) is 0 Å². The first-order valence-corrected chi connectivity index (χ1v) is 12.0. The summed E-state index contributed by atoms with van der Waals surface area (Å²) in [5.41, 5.74) is 0.501. The van der Waals surface area contributed by atoms with Gasteiger partial charge in [0.1, 0.15) is 26.6 Å². The highest BCUT2D eigenvalue weighted by Gasteiger charge is 2.23. The van der Waals surface area contributed by atoms with E-state index < -0.39 is 41.4 Å². The third-order valence-electron chi connectivity index (χ3n) is 4.17. The number of aromatic nitrogens is 4. The Bertz CT molecular complexity index is 1600. The third-order valence-corrected chi connectivity index (χ3v) is 6.24. The molecule has 0 aliphatic rings. The molecular weight excluding hydrogens is 476 g/mol. The molecule has 1 atom stereocenters. The van der Waals surface area contributed by atoms with Crippen molar-refractivity contribution in [1.82, 2.24) is 19.9 Å². The zero-order valence-corrected chi connectivity index (χ0v) is 17.7. The van der Waals surface area contributed by atoms with E-state index in [1.165, 1.54) is 12.1 Å². The fraction of sp³-hybridized carbons (Fsp3) is 0.0667. The quantitative estimate of drug-likeness (QED) is 0.200. The highest BCUT2D eigenvalue weighted by molar-refractivity contribution is 7.86. The molecule has 0 aliphatic carbocycles. The van der Waals surface area contributed by atoms with E-state index in [4.69, 9.17) is 4.55 Å². The maximum absolute atomic E-state index is 11.8. The van der Waals surface area contributed by atoms with Crippen LogP contribution in [0.25, 0.3) is 33.7 Å². The lowest BCUT2D eigenvalue weighted by Crippen LogP contribution is -2.02. The average Bonchev–Trinajstić information content (AvgIpc) is 3.21. The maximum Gasteiger partial charge on any atom is 0.357 e. The summed E-state index contributed by atoms with van der Waals surface area (Å²) in [6, 6.07) is 4.80. The van der Waals surface area contributed by atoms with Crippen LogP contribution >= 0.6 is 0 Å². The Hall–Kier alpha value is -2.89. The first-order valence-electron chi connectivity index (χ1n) is 8.11. The first-order chi connectivity index (χ1) is 14.3. The van der Waals surface area contributed by atoms with Crippen LogP contribution in [0.1, 0.15) is 5.56 Å². The Morgan fingerprint density at radius 3 is 1.84 bits per heavy atom. The Labute approximate surface area is 176 Å². The van der Waals surface area contributed by atoms with Crippen molar-refractivity contribution in [3.63, 3.8) is 0 Å². The topological polar surface area (TPSA) is 213 Å². The molecule has 0 amide bonds. The van der Waals surface area contributed by atoms with Crippen LogP contribution in [0.2, 0.25) is 0 Å². The summed E-state index contributed by atoms with van der Waals surface area (Å²) in [5.74, 6) is -0.390. The van der Waals surface area contributed by atoms with E-state index in [2.05, 4.69) is 24.1 Å². The number of hydrogen-bond acceptors (Lipinski definition) is 8. The van der Waals surface area contributed by atoms with Crippen molar-refractivity contribution >= 4 is 53.7 Å². The van der Waals surface area contributed by atoms with Gasteiger partial charge in [0.15, 0.2) is 11.6 Å². The minimum Gasteiger partial charge on any atom is -0.380 e. The molecule has 31 heavy (non-hydrogen) atoms. The summed E-state index contributed by atoms with van der Waals surface area (Å²) in [4.78, 5) is 12.6. The molecule has 16 heteroatoms. The number of fused-ring (bicyclic) bond motifs is 2. The second-order valence-electron chi connectivity index (χ2n) is 6.40. The molecule has 0 fully saturated rings. The van der Waals surface area contributed by atoms with E-state index in [0.717, 1.165) is 6.07 Å². The number of hydrogen-bond donors (Lipinski definition) is 5. The molecule has 2 aromatic carbocycles. The van der Waals surface area contributed by atoms with Gasteiger partial charge in [0.2, 0.25) is 0 Å². The smallest absolute Gasteiger partial charge is 0.357 e. The van der Waals surface area contributed by atoms with Gasteiger partial charge in [0.25, 0.3) is 20.2 Å². The average molecular weight is 488 g/mol. The largest absolute Gasteiger partial charge is 0.380 e. The van der Waals surface area contributed by atoms with E-state index in [0.29, 0.717) is 5.56 Å². The van der Waals surface area contributed by atoms with Crippen LogP contribution in [0, 0.1) is 6.92 Å². The summed E-state index contributed by atoms with van der Waals surface area (Å²) in [5, 5.41) is 0. The van der Waals surface area contributed by atoms with Gasteiger partial charge >= 0.3 is 11.4 Å². The summed E-state index contributed by atoms with van der Waals surface area (Å²) < 4.78 is 90.2. The highest BCUT2D eigenvalue weighted by atomic mass is 32.2. The second kappa shape index (κ2) is 7.08. The lowest BCUT2D eigenvalue weighted by atomic mass is 10.2. The number of nitrogens with zero attached hydrogens (tertiary/aromatic N) is 2. The van der Waals surface area contributed by atoms with Gasteiger partial charge in [-0.1, -0.05) is 0 Å². The van der Waals surface area contributed by atoms with Crippen LogP contribution in [-0.2, 0) is 31.6 Å². The Morgan fingerprint density at radius 2 is 1.35 bits per heavy atom. The van der Waals surface area contributed by atoms with Gasteiger partial charge in [-0.15, -0.1) is 0 Å². The normalized spacial score (nSPS) is 13.7. The van der Waals surface area contributed by atoms with Gasteiger partial charge in [-0.3, -0.25) is 13.7 Å². The predicted molar refractivity (Wildman–Crippen MR) is 107 cm³/mol. The van der Waals surface area contributed by atoms with Crippen LogP contribution in [0.15, 0.2) is 34.1 Å². The van der Waals surface area contributed by atoms with Crippen molar-refractivity contribution in [3.05, 3.63) is 29.8 Å². The van der Waals surface area contributed by atoms with Crippen molar-refractivity contribution in [2.24, 2.45) is 0 Å². The zero-order valence-electron chi connectivity index (χ0n) is 15.2. The Kier molecular flexibility index (Phi) is 4.87. The van der Waals surface area contributed by atoms with Gasteiger partial charge in [-0.25, -0.2) is 9.97 Å². The molecule has 4 aromatic rings. The molecule has 0 spiro atoms. The van der Waals surface area contributed by atoms with Crippen molar-refractivity contribution < 1.29 is 38.9 Å². The van der Waals surface area contributed by atoms with Crippen molar-refractivity contribution in [3.8, 4) is 17.4 Å². The van der Waals surface area contributed by atoms with Gasteiger partial charge in [0, 0.05) is 12.1 Å². The van der Waals surface area contributed by atoms with Crippen molar-refractivity contribution in [1.29, 1.82) is 0 Å². The molecule has 2 heterocycles.